The molecule has 1 unspecified atom stereocenters. The number of aryl methyl sites for hydroxylation is 2. The minimum Gasteiger partial charge on any atom is -0.492 e. The molecule has 0 saturated heterocycles. The number of nitrogens with zero attached hydrogens (tertiary/aromatic N) is 2. The van der Waals surface area contributed by atoms with Gasteiger partial charge in [-0.15, -0.1) is 0 Å². The largest absolute Gasteiger partial charge is 0.492 e. The summed E-state index contributed by atoms with van der Waals surface area (Å²) in [6.45, 7) is 2.66. The smallest absolute Gasteiger partial charge is 0.119 e. The Morgan fingerprint density at radius 1 is 1.32 bits per heavy atom. The van der Waals surface area contributed by atoms with Crippen LogP contribution in [0.1, 0.15) is 11.4 Å². The lowest BCUT2D eigenvalue weighted by Crippen LogP contribution is -2.34. The molecule has 0 aliphatic heterocycles. The molecule has 1 aromatic carbocycles. The van der Waals surface area contributed by atoms with Crippen molar-refractivity contribution in [3.63, 3.8) is 0 Å². The van der Waals surface area contributed by atoms with Crippen LogP contribution in [-0.2, 0) is 13.5 Å². The van der Waals surface area contributed by atoms with Crippen molar-refractivity contribution in [3.05, 3.63) is 47.8 Å². The summed E-state index contributed by atoms with van der Waals surface area (Å²) in [6.07, 6.45) is 0.903. The highest BCUT2D eigenvalue weighted by Gasteiger charge is 2.11. The molecule has 4 heteroatoms. The molecule has 0 bridgehead atoms. The van der Waals surface area contributed by atoms with Gasteiger partial charge in [-0.05, 0) is 32.2 Å². The summed E-state index contributed by atoms with van der Waals surface area (Å²) >= 11 is 0. The first-order chi connectivity index (χ1) is 9.19. The van der Waals surface area contributed by atoms with E-state index >= 15 is 0 Å². The number of likely N-dealkylation sites (N-methyl/N-ethyl adjacent to an activating group) is 1. The molecule has 2 rings (SSSR count). The predicted octanol–water partition coefficient (Wildman–Crippen LogP) is 1.94. The third-order valence-electron chi connectivity index (χ3n) is 3.16. The van der Waals surface area contributed by atoms with Gasteiger partial charge in [-0.1, -0.05) is 18.2 Å². The van der Waals surface area contributed by atoms with Crippen LogP contribution in [0, 0.1) is 6.92 Å². The SMILES string of the molecule is CNC(COc1ccccc1)Cc1cc(C)nn1C. The van der Waals surface area contributed by atoms with Crippen molar-refractivity contribution < 1.29 is 4.74 Å². The van der Waals surface area contributed by atoms with Gasteiger partial charge in [0.05, 0.1) is 5.69 Å². The van der Waals surface area contributed by atoms with Crippen molar-refractivity contribution in [2.75, 3.05) is 13.7 Å². The molecule has 1 heterocycles. The van der Waals surface area contributed by atoms with Crippen LogP contribution in [0.25, 0.3) is 0 Å². The van der Waals surface area contributed by atoms with Gasteiger partial charge in [-0.25, -0.2) is 0 Å². The fourth-order valence-corrected chi connectivity index (χ4v) is 2.07. The van der Waals surface area contributed by atoms with Gasteiger partial charge in [-0.2, -0.15) is 5.10 Å². The molecule has 4 nitrogen and oxygen atoms in total. The zero-order chi connectivity index (χ0) is 13.7. The van der Waals surface area contributed by atoms with Crippen molar-refractivity contribution in [1.29, 1.82) is 0 Å². The van der Waals surface area contributed by atoms with Crippen LogP contribution < -0.4 is 10.1 Å². The minimum atomic E-state index is 0.273. The standard InChI is InChI=1S/C15H21N3O/c1-12-9-14(18(3)17-12)10-13(16-2)11-19-15-7-5-4-6-8-15/h4-9,13,16H,10-11H2,1-3H3. The van der Waals surface area contributed by atoms with E-state index in [-0.39, 0.29) is 6.04 Å². The average Bonchev–Trinajstić information content (AvgIpc) is 2.74. The zero-order valence-corrected chi connectivity index (χ0v) is 11.8. The van der Waals surface area contributed by atoms with Gasteiger partial charge in [0.15, 0.2) is 0 Å². The number of rotatable bonds is 6. The van der Waals surface area contributed by atoms with Gasteiger partial charge in [0.1, 0.15) is 12.4 Å². The van der Waals surface area contributed by atoms with Gasteiger partial charge < -0.3 is 10.1 Å². The van der Waals surface area contributed by atoms with Crippen molar-refractivity contribution in [2.45, 2.75) is 19.4 Å². The third-order valence-corrected chi connectivity index (χ3v) is 3.16. The monoisotopic (exact) mass is 259 g/mol. The van der Waals surface area contributed by atoms with Crippen molar-refractivity contribution >= 4 is 0 Å². The Morgan fingerprint density at radius 2 is 2.05 bits per heavy atom. The molecule has 0 aliphatic rings. The molecule has 1 N–H and O–H groups in total. The van der Waals surface area contributed by atoms with Gasteiger partial charge in [0, 0.05) is 25.2 Å². The first-order valence-electron chi connectivity index (χ1n) is 6.53. The molecular weight excluding hydrogens is 238 g/mol. The second kappa shape index (κ2) is 6.38. The Balaban J connectivity index is 1.92. The number of nitrogens with one attached hydrogen (secondary N) is 1. The number of ether oxygens (including phenoxy) is 1. The Bertz CT molecular complexity index is 507. The summed E-state index contributed by atoms with van der Waals surface area (Å²) in [5.74, 6) is 0.906. The van der Waals surface area contributed by atoms with Gasteiger partial charge in [0.25, 0.3) is 0 Å². The predicted molar refractivity (Wildman–Crippen MR) is 76.4 cm³/mol. The molecule has 0 spiro atoms. The van der Waals surface area contributed by atoms with Crippen LogP contribution in [0.2, 0.25) is 0 Å². The quantitative estimate of drug-likeness (QED) is 0.861. The van der Waals surface area contributed by atoms with Crippen LogP contribution in [0.4, 0.5) is 0 Å². The molecule has 0 aliphatic carbocycles. The molecule has 2 aromatic rings. The van der Waals surface area contributed by atoms with E-state index in [1.165, 1.54) is 5.69 Å². The number of para-hydroxylation sites is 1. The molecule has 0 saturated carbocycles. The Morgan fingerprint density at radius 3 is 2.63 bits per heavy atom. The lowest BCUT2D eigenvalue weighted by atomic mass is 10.1. The van der Waals surface area contributed by atoms with E-state index in [0.717, 1.165) is 17.9 Å². The summed E-state index contributed by atoms with van der Waals surface area (Å²) in [7, 11) is 3.94. The molecule has 0 amide bonds. The van der Waals surface area contributed by atoms with E-state index in [1.807, 2.05) is 56.0 Å². The summed E-state index contributed by atoms with van der Waals surface area (Å²) < 4.78 is 7.72. The summed E-state index contributed by atoms with van der Waals surface area (Å²) in [5.41, 5.74) is 2.27. The summed E-state index contributed by atoms with van der Waals surface area (Å²) in [4.78, 5) is 0. The molecule has 102 valence electrons. The highest BCUT2D eigenvalue weighted by Crippen LogP contribution is 2.10. The topological polar surface area (TPSA) is 39.1 Å². The van der Waals surface area contributed by atoms with E-state index in [4.69, 9.17) is 4.74 Å². The fraction of sp³-hybridized carbons (Fsp3) is 0.400. The summed E-state index contributed by atoms with van der Waals surface area (Å²) in [5, 5.41) is 7.66. The first kappa shape index (κ1) is 13.6. The summed E-state index contributed by atoms with van der Waals surface area (Å²) in [6, 6.07) is 12.3. The highest BCUT2D eigenvalue weighted by molar-refractivity contribution is 5.21. The maximum atomic E-state index is 5.79. The van der Waals surface area contributed by atoms with E-state index in [9.17, 15) is 0 Å². The second-order valence-electron chi connectivity index (χ2n) is 4.71. The molecule has 0 fully saturated rings. The van der Waals surface area contributed by atoms with E-state index in [0.29, 0.717) is 6.61 Å². The van der Waals surface area contributed by atoms with Crippen LogP contribution >= 0.6 is 0 Å². The number of aromatic nitrogens is 2. The number of benzene rings is 1. The van der Waals surface area contributed by atoms with E-state index < -0.39 is 0 Å². The number of hydrogen-bond acceptors (Lipinski definition) is 3. The van der Waals surface area contributed by atoms with Crippen molar-refractivity contribution in [2.24, 2.45) is 7.05 Å². The van der Waals surface area contributed by atoms with Crippen LogP contribution in [0.5, 0.6) is 5.75 Å². The molecule has 19 heavy (non-hydrogen) atoms. The molecular formula is C15H21N3O. The fourth-order valence-electron chi connectivity index (χ4n) is 2.07. The lowest BCUT2D eigenvalue weighted by molar-refractivity contribution is 0.268. The van der Waals surface area contributed by atoms with Crippen molar-refractivity contribution in [1.82, 2.24) is 15.1 Å². The zero-order valence-electron chi connectivity index (χ0n) is 11.8. The van der Waals surface area contributed by atoms with Gasteiger partial charge >= 0.3 is 0 Å². The van der Waals surface area contributed by atoms with E-state index in [1.54, 1.807) is 0 Å². The normalized spacial score (nSPS) is 12.4. The van der Waals surface area contributed by atoms with Crippen molar-refractivity contribution in [3.8, 4) is 5.75 Å². The minimum absolute atomic E-state index is 0.273. The first-order valence-corrected chi connectivity index (χ1v) is 6.53. The maximum absolute atomic E-state index is 5.79. The Hall–Kier alpha value is -1.81. The molecule has 0 radical (unpaired) electrons. The van der Waals surface area contributed by atoms with Gasteiger partial charge in [-0.3, -0.25) is 4.68 Å². The number of hydrogen-bond donors (Lipinski definition) is 1. The van der Waals surface area contributed by atoms with Crippen LogP contribution in [-0.4, -0.2) is 29.5 Å². The second-order valence-corrected chi connectivity index (χ2v) is 4.71. The van der Waals surface area contributed by atoms with E-state index in [2.05, 4.69) is 16.5 Å². The maximum Gasteiger partial charge on any atom is 0.119 e. The molecule has 1 atom stereocenters. The highest BCUT2D eigenvalue weighted by atomic mass is 16.5. The Kier molecular flexibility index (Phi) is 4.58. The average molecular weight is 259 g/mol. The van der Waals surface area contributed by atoms with Gasteiger partial charge in [0.2, 0.25) is 0 Å². The van der Waals surface area contributed by atoms with Crippen LogP contribution in [0.15, 0.2) is 36.4 Å². The third kappa shape index (κ3) is 3.83. The Labute approximate surface area is 114 Å². The lowest BCUT2D eigenvalue weighted by Gasteiger charge is -2.17. The molecule has 1 aromatic heterocycles. The van der Waals surface area contributed by atoms with Crippen LogP contribution in [0.3, 0.4) is 0 Å².